The molecule has 7 heteroatoms. The van der Waals surface area contributed by atoms with Crippen molar-refractivity contribution in [2.45, 2.75) is 58.5 Å². The first kappa shape index (κ1) is 26.4. The number of likely N-dealkylation sites (tertiary alicyclic amines) is 1. The molecule has 3 heterocycles. The minimum Gasteiger partial charge on any atom is -0.496 e. The standard InChI is InChI=1S/C31H38FN3O3/c1-31(2,3)38-29(36)19-35-15-12-21(13-16-35)20-5-7-22(8-6-20)27-18-26-24(11-14-33-30(26)34-27)25-17-23(32)9-10-28(25)37-4/h7,9-11,14,17-18,20-21H,5-6,8,12-13,15-16,19H2,1-4H3,(H,33,34)/t20-/m0/s1. The van der Waals surface area contributed by atoms with Gasteiger partial charge in [-0.05, 0) is 119 Å². The lowest BCUT2D eigenvalue weighted by molar-refractivity contribution is -0.156. The molecule has 1 fully saturated rings. The van der Waals surface area contributed by atoms with Crippen LogP contribution in [0.2, 0.25) is 0 Å². The van der Waals surface area contributed by atoms with Crippen molar-refractivity contribution in [3.8, 4) is 16.9 Å². The Hall–Kier alpha value is -3.19. The van der Waals surface area contributed by atoms with E-state index in [1.165, 1.54) is 17.7 Å². The van der Waals surface area contributed by atoms with Gasteiger partial charge in [-0.2, -0.15) is 0 Å². The van der Waals surface area contributed by atoms with Crippen LogP contribution in [0.1, 0.15) is 58.6 Å². The predicted octanol–water partition coefficient (Wildman–Crippen LogP) is 6.61. The highest BCUT2D eigenvalue weighted by Crippen LogP contribution is 2.40. The van der Waals surface area contributed by atoms with E-state index in [-0.39, 0.29) is 11.8 Å². The van der Waals surface area contributed by atoms with Crippen molar-refractivity contribution in [2.24, 2.45) is 11.8 Å². The van der Waals surface area contributed by atoms with Gasteiger partial charge in [-0.15, -0.1) is 0 Å². The van der Waals surface area contributed by atoms with E-state index >= 15 is 0 Å². The largest absolute Gasteiger partial charge is 0.496 e. The molecule has 5 rings (SSSR count). The number of halogens is 1. The number of ether oxygens (including phenoxy) is 2. The molecule has 38 heavy (non-hydrogen) atoms. The van der Waals surface area contributed by atoms with E-state index in [0.29, 0.717) is 24.1 Å². The maximum Gasteiger partial charge on any atom is 0.320 e. The smallest absolute Gasteiger partial charge is 0.320 e. The van der Waals surface area contributed by atoms with Gasteiger partial charge in [-0.1, -0.05) is 6.08 Å². The van der Waals surface area contributed by atoms with E-state index in [1.807, 2.05) is 26.8 Å². The number of piperidine rings is 1. The number of carbonyl (C=O) groups is 1. The van der Waals surface area contributed by atoms with Crippen LogP contribution < -0.4 is 4.74 Å². The number of rotatable bonds is 6. The zero-order chi connectivity index (χ0) is 26.9. The van der Waals surface area contributed by atoms with E-state index in [1.54, 1.807) is 19.4 Å². The summed E-state index contributed by atoms with van der Waals surface area (Å²) in [5.41, 5.74) is 4.39. The van der Waals surface area contributed by atoms with Gasteiger partial charge in [0, 0.05) is 22.8 Å². The summed E-state index contributed by atoms with van der Waals surface area (Å²) in [7, 11) is 1.60. The van der Waals surface area contributed by atoms with Crippen LogP contribution in [0, 0.1) is 17.7 Å². The molecule has 6 nitrogen and oxygen atoms in total. The molecular formula is C31H38FN3O3. The Morgan fingerprint density at radius 3 is 2.58 bits per heavy atom. The average molecular weight is 520 g/mol. The van der Waals surface area contributed by atoms with Crippen molar-refractivity contribution in [3.05, 3.63) is 54.1 Å². The number of H-pyrrole nitrogens is 1. The highest BCUT2D eigenvalue weighted by atomic mass is 19.1. The van der Waals surface area contributed by atoms with Crippen LogP contribution in [0.5, 0.6) is 5.75 Å². The SMILES string of the molecule is COc1ccc(F)cc1-c1ccnc2[nH]c(C3=CC[C@H](C4CCN(CC(=O)OC(C)(C)C)CC4)CC3)cc12. The highest BCUT2D eigenvalue weighted by molar-refractivity contribution is 5.96. The monoisotopic (exact) mass is 519 g/mol. The van der Waals surface area contributed by atoms with Crippen molar-refractivity contribution >= 4 is 22.6 Å². The van der Waals surface area contributed by atoms with E-state index in [4.69, 9.17) is 9.47 Å². The average Bonchev–Trinajstić information content (AvgIpc) is 3.33. The van der Waals surface area contributed by atoms with Gasteiger partial charge in [0.15, 0.2) is 0 Å². The van der Waals surface area contributed by atoms with Crippen molar-refractivity contribution in [1.82, 2.24) is 14.9 Å². The molecule has 0 spiro atoms. The first-order valence-electron chi connectivity index (χ1n) is 13.7. The van der Waals surface area contributed by atoms with Gasteiger partial charge >= 0.3 is 5.97 Å². The third-order valence-electron chi connectivity index (χ3n) is 7.85. The summed E-state index contributed by atoms with van der Waals surface area (Å²) in [6.07, 6.45) is 9.65. The number of esters is 1. The fourth-order valence-corrected chi connectivity index (χ4v) is 5.99. The van der Waals surface area contributed by atoms with Crippen LogP contribution in [-0.2, 0) is 9.53 Å². The van der Waals surface area contributed by atoms with E-state index < -0.39 is 5.60 Å². The Kier molecular flexibility index (Phi) is 7.57. The number of hydrogen-bond donors (Lipinski definition) is 1. The number of aromatic nitrogens is 2. The maximum atomic E-state index is 14.1. The summed E-state index contributed by atoms with van der Waals surface area (Å²) in [5.74, 6) is 1.58. The molecule has 2 aliphatic rings. The number of aromatic amines is 1. The first-order valence-corrected chi connectivity index (χ1v) is 13.7. The van der Waals surface area contributed by atoms with Crippen LogP contribution in [-0.4, -0.2) is 53.2 Å². The number of pyridine rings is 1. The highest BCUT2D eigenvalue weighted by Gasteiger charge is 2.29. The zero-order valence-corrected chi connectivity index (χ0v) is 22.9. The summed E-state index contributed by atoms with van der Waals surface area (Å²) >= 11 is 0. The number of carbonyl (C=O) groups excluding carboxylic acids is 1. The van der Waals surface area contributed by atoms with Crippen LogP contribution in [0.25, 0.3) is 27.7 Å². The summed E-state index contributed by atoms with van der Waals surface area (Å²) < 4.78 is 25.1. The Morgan fingerprint density at radius 1 is 1.11 bits per heavy atom. The Bertz CT molecular complexity index is 1330. The molecule has 2 aromatic heterocycles. The number of allylic oxidation sites excluding steroid dienone is 2. The van der Waals surface area contributed by atoms with E-state index in [9.17, 15) is 9.18 Å². The van der Waals surface area contributed by atoms with Gasteiger partial charge < -0.3 is 14.5 Å². The lowest BCUT2D eigenvalue weighted by Gasteiger charge is -2.37. The Morgan fingerprint density at radius 2 is 1.89 bits per heavy atom. The van der Waals surface area contributed by atoms with E-state index in [2.05, 4.69) is 27.0 Å². The van der Waals surface area contributed by atoms with Crippen molar-refractivity contribution in [2.75, 3.05) is 26.7 Å². The predicted molar refractivity (Wildman–Crippen MR) is 148 cm³/mol. The van der Waals surface area contributed by atoms with Crippen molar-refractivity contribution < 1.29 is 18.7 Å². The lowest BCUT2D eigenvalue weighted by Crippen LogP contribution is -2.41. The molecule has 0 radical (unpaired) electrons. The van der Waals surface area contributed by atoms with Gasteiger partial charge in [0.2, 0.25) is 0 Å². The molecule has 1 aliphatic heterocycles. The van der Waals surface area contributed by atoms with Gasteiger partial charge in [0.25, 0.3) is 0 Å². The second-order valence-corrected chi connectivity index (χ2v) is 11.6. The number of nitrogens with one attached hydrogen (secondary N) is 1. The van der Waals surface area contributed by atoms with E-state index in [0.717, 1.165) is 73.0 Å². The summed E-state index contributed by atoms with van der Waals surface area (Å²) in [6, 6.07) is 8.65. The number of benzene rings is 1. The minimum absolute atomic E-state index is 0.131. The van der Waals surface area contributed by atoms with Crippen molar-refractivity contribution in [1.29, 1.82) is 0 Å². The molecule has 202 valence electrons. The molecule has 0 saturated carbocycles. The fourth-order valence-electron chi connectivity index (χ4n) is 5.99. The van der Waals surface area contributed by atoms with Crippen LogP contribution in [0.3, 0.4) is 0 Å². The summed E-state index contributed by atoms with van der Waals surface area (Å²) in [6.45, 7) is 8.03. The third-order valence-corrected chi connectivity index (χ3v) is 7.85. The molecule has 1 N–H and O–H groups in total. The van der Waals surface area contributed by atoms with Crippen LogP contribution in [0.15, 0.2) is 42.6 Å². The molecular weight excluding hydrogens is 481 g/mol. The quantitative estimate of drug-likeness (QED) is 0.371. The van der Waals surface area contributed by atoms with Crippen LogP contribution >= 0.6 is 0 Å². The second-order valence-electron chi connectivity index (χ2n) is 11.6. The minimum atomic E-state index is -0.434. The summed E-state index contributed by atoms with van der Waals surface area (Å²) in [5, 5.41) is 0.965. The molecule has 1 saturated heterocycles. The third kappa shape index (κ3) is 5.93. The van der Waals surface area contributed by atoms with Crippen LogP contribution in [0.4, 0.5) is 4.39 Å². The molecule has 0 unspecified atom stereocenters. The van der Waals surface area contributed by atoms with Gasteiger partial charge in [-0.25, -0.2) is 9.37 Å². The second kappa shape index (κ2) is 10.9. The number of nitrogens with zero attached hydrogens (tertiary/aromatic N) is 2. The number of fused-ring (bicyclic) bond motifs is 1. The number of methoxy groups -OCH3 is 1. The normalized spacial score (nSPS) is 19.4. The molecule has 1 aliphatic carbocycles. The molecule has 0 amide bonds. The topological polar surface area (TPSA) is 67.5 Å². The fraction of sp³-hybridized carbons (Fsp3) is 0.484. The van der Waals surface area contributed by atoms with Gasteiger partial charge in [0.1, 0.15) is 22.8 Å². The lowest BCUT2D eigenvalue weighted by atomic mass is 9.76. The Balaban J connectivity index is 1.24. The molecule has 3 aromatic rings. The molecule has 1 aromatic carbocycles. The maximum absolute atomic E-state index is 14.1. The summed E-state index contributed by atoms with van der Waals surface area (Å²) in [4.78, 5) is 22.5. The van der Waals surface area contributed by atoms with Gasteiger partial charge in [0.05, 0.1) is 13.7 Å². The Labute approximate surface area is 224 Å². The molecule has 1 atom stereocenters. The van der Waals surface area contributed by atoms with Gasteiger partial charge in [-0.3, -0.25) is 9.69 Å². The van der Waals surface area contributed by atoms with Crippen molar-refractivity contribution in [3.63, 3.8) is 0 Å². The first-order chi connectivity index (χ1) is 18.2. The zero-order valence-electron chi connectivity index (χ0n) is 22.9. The molecule has 0 bridgehead atoms. The number of hydrogen-bond acceptors (Lipinski definition) is 5.